The van der Waals surface area contributed by atoms with E-state index in [9.17, 15) is 4.79 Å². The Morgan fingerprint density at radius 1 is 1.33 bits per heavy atom. The Bertz CT molecular complexity index is 327. The Balaban J connectivity index is 2.06. The molecule has 0 amide bonds. The molecular weight excluding hydrogens is 186 g/mol. The largest absolute Gasteiger partial charge is 0.372 e. The molecule has 1 saturated carbocycles. The van der Waals surface area contributed by atoms with Gasteiger partial charge in [-0.25, -0.2) is 0 Å². The summed E-state index contributed by atoms with van der Waals surface area (Å²) in [5.74, 6) is 0.899. The Morgan fingerprint density at radius 3 is 2.47 bits per heavy atom. The van der Waals surface area contributed by atoms with Gasteiger partial charge in [-0.15, -0.1) is 0 Å². The molecule has 2 nitrogen and oxygen atoms in total. The zero-order valence-corrected chi connectivity index (χ0v) is 9.15. The molecule has 2 heteroatoms. The van der Waals surface area contributed by atoms with Gasteiger partial charge in [0.25, 0.3) is 0 Å². The molecule has 0 saturated heterocycles. The molecule has 0 spiro atoms. The average molecular weight is 203 g/mol. The van der Waals surface area contributed by atoms with Gasteiger partial charge in [-0.3, -0.25) is 4.79 Å². The van der Waals surface area contributed by atoms with Crippen LogP contribution in [-0.2, 0) is 0 Å². The molecule has 1 aromatic carbocycles. The summed E-state index contributed by atoms with van der Waals surface area (Å²) in [6.07, 6.45) is 3.65. The van der Waals surface area contributed by atoms with Crippen molar-refractivity contribution in [1.29, 1.82) is 0 Å². The molecule has 0 aliphatic heterocycles. The average Bonchev–Trinajstić information content (AvgIpc) is 3.10. The van der Waals surface area contributed by atoms with E-state index >= 15 is 0 Å². The standard InChI is InChI=1S/C13H17NO/c1-2-14(9-11-3-4-11)13-7-5-12(10-15)6-8-13/h5-8,10-11H,2-4,9H2,1H3. The smallest absolute Gasteiger partial charge is 0.150 e. The quantitative estimate of drug-likeness (QED) is 0.686. The summed E-state index contributed by atoms with van der Waals surface area (Å²) in [5.41, 5.74) is 1.98. The molecular formula is C13H17NO. The lowest BCUT2D eigenvalue weighted by atomic mass is 10.2. The van der Waals surface area contributed by atoms with Crippen LogP contribution in [0.5, 0.6) is 0 Å². The molecule has 1 aliphatic carbocycles. The maximum atomic E-state index is 10.5. The number of hydrogen-bond acceptors (Lipinski definition) is 2. The van der Waals surface area contributed by atoms with Crippen LogP contribution in [0.2, 0.25) is 0 Å². The number of carbonyl (C=O) groups is 1. The van der Waals surface area contributed by atoms with Crippen molar-refractivity contribution in [2.24, 2.45) is 5.92 Å². The second kappa shape index (κ2) is 4.47. The fourth-order valence-electron chi connectivity index (χ4n) is 1.79. The van der Waals surface area contributed by atoms with Crippen LogP contribution in [0.15, 0.2) is 24.3 Å². The normalized spacial score (nSPS) is 15.0. The van der Waals surface area contributed by atoms with Gasteiger partial charge in [-0.05, 0) is 49.9 Å². The minimum absolute atomic E-state index is 0.751. The van der Waals surface area contributed by atoms with E-state index < -0.39 is 0 Å². The topological polar surface area (TPSA) is 20.3 Å². The Labute approximate surface area is 90.9 Å². The van der Waals surface area contributed by atoms with Gasteiger partial charge >= 0.3 is 0 Å². The van der Waals surface area contributed by atoms with Gasteiger partial charge in [0.1, 0.15) is 6.29 Å². The zero-order chi connectivity index (χ0) is 10.7. The minimum atomic E-state index is 0.751. The maximum Gasteiger partial charge on any atom is 0.150 e. The van der Waals surface area contributed by atoms with Crippen molar-refractivity contribution >= 4 is 12.0 Å². The van der Waals surface area contributed by atoms with Crippen LogP contribution in [-0.4, -0.2) is 19.4 Å². The van der Waals surface area contributed by atoms with Crippen molar-refractivity contribution in [2.45, 2.75) is 19.8 Å². The van der Waals surface area contributed by atoms with Gasteiger partial charge in [0.05, 0.1) is 0 Å². The highest BCUT2D eigenvalue weighted by Gasteiger charge is 2.23. The lowest BCUT2D eigenvalue weighted by Crippen LogP contribution is -2.24. The highest BCUT2D eigenvalue weighted by Crippen LogP contribution is 2.31. The van der Waals surface area contributed by atoms with Gasteiger partial charge in [-0.1, -0.05) is 0 Å². The minimum Gasteiger partial charge on any atom is -0.372 e. The second-order valence-corrected chi connectivity index (χ2v) is 4.19. The zero-order valence-electron chi connectivity index (χ0n) is 9.15. The third-order valence-corrected chi connectivity index (χ3v) is 2.95. The van der Waals surface area contributed by atoms with Crippen LogP contribution < -0.4 is 4.90 Å². The summed E-state index contributed by atoms with van der Waals surface area (Å²) in [5, 5.41) is 0. The summed E-state index contributed by atoms with van der Waals surface area (Å²) in [7, 11) is 0. The van der Waals surface area contributed by atoms with Crippen molar-refractivity contribution in [1.82, 2.24) is 0 Å². The summed E-state index contributed by atoms with van der Waals surface area (Å²) in [4.78, 5) is 12.9. The van der Waals surface area contributed by atoms with E-state index in [-0.39, 0.29) is 0 Å². The van der Waals surface area contributed by atoms with Crippen LogP contribution >= 0.6 is 0 Å². The Hall–Kier alpha value is -1.31. The third kappa shape index (κ3) is 2.58. The Kier molecular flexibility index (Phi) is 3.05. The van der Waals surface area contributed by atoms with Gasteiger partial charge in [0, 0.05) is 24.3 Å². The van der Waals surface area contributed by atoms with Gasteiger partial charge in [-0.2, -0.15) is 0 Å². The van der Waals surface area contributed by atoms with Crippen molar-refractivity contribution in [3.63, 3.8) is 0 Å². The SMILES string of the molecule is CCN(CC1CC1)c1ccc(C=O)cc1. The number of anilines is 1. The number of benzene rings is 1. The lowest BCUT2D eigenvalue weighted by Gasteiger charge is -2.22. The first kappa shape index (κ1) is 10.2. The van der Waals surface area contributed by atoms with E-state index in [1.807, 2.05) is 24.3 Å². The van der Waals surface area contributed by atoms with Gasteiger partial charge in [0.2, 0.25) is 0 Å². The molecule has 80 valence electrons. The lowest BCUT2D eigenvalue weighted by molar-refractivity contribution is 0.112. The van der Waals surface area contributed by atoms with E-state index in [2.05, 4.69) is 11.8 Å². The van der Waals surface area contributed by atoms with Crippen molar-refractivity contribution in [2.75, 3.05) is 18.0 Å². The van der Waals surface area contributed by atoms with E-state index in [1.165, 1.54) is 18.5 Å². The molecule has 0 heterocycles. The van der Waals surface area contributed by atoms with Crippen LogP contribution in [0.25, 0.3) is 0 Å². The first-order valence-electron chi connectivity index (χ1n) is 5.63. The second-order valence-electron chi connectivity index (χ2n) is 4.19. The maximum absolute atomic E-state index is 10.5. The number of hydrogen-bond donors (Lipinski definition) is 0. The van der Waals surface area contributed by atoms with Crippen molar-refractivity contribution in [3.8, 4) is 0 Å². The van der Waals surface area contributed by atoms with Gasteiger partial charge < -0.3 is 4.90 Å². The molecule has 0 unspecified atom stereocenters. The first-order valence-corrected chi connectivity index (χ1v) is 5.63. The highest BCUT2D eigenvalue weighted by atomic mass is 16.1. The monoisotopic (exact) mass is 203 g/mol. The number of nitrogens with zero attached hydrogens (tertiary/aromatic N) is 1. The van der Waals surface area contributed by atoms with Crippen molar-refractivity contribution < 1.29 is 4.79 Å². The fraction of sp³-hybridized carbons (Fsp3) is 0.462. The molecule has 0 radical (unpaired) electrons. The van der Waals surface area contributed by atoms with Crippen LogP contribution in [0, 0.1) is 5.92 Å². The van der Waals surface area contributed by atoms with Crippen LogP contribution in [0.1, 0.15) is 30.1 Å². The highest BCUT2D eigenvalue weighted by molar-refractivity contribution is 5.75. The van der Waals surface area contributed by atoms with Gasteiger partial charge in [0.15, 0.2) is 0 Å². The molecule has 0 aromatic heterocycles. The van der Waals surface area contributed by atoms with Crippen LogP contribution in [0.4, 0.5) is 5.69 Å². The Morgan fingerprint density at radius 2 is 2.00 bits per heavy atom. The summed E-state index contributed by atoms with van der Waals surface area (Å²) < 4.78 is 0. The van der Waals surface area contributed by atoms with E-state index in [0.717, 1.165) is 30.9 Å². The fourth-order valence-corrected chi connectivity index (χ4v) is 1.79. The first-order chi connectivity index (χ1) is 7.33. The van der Waals surface area contributed by atoms with Crippen molar-refractivity contribution in [3.05, 3.63) is 29.8 Å². The molecule has 0 bridgehead atoms. The summed E-state index contributed by atoms with van der Waals surface area (Å²) >= 11 is 0. The van der Waals surface area contributed by atoms with E-state index in [0.29, 0.717) is 0 Å². The molecule has 2 rings (SSSR count). The third-order valence-electron chi connectivity index (χ3n) is 2.95. The molecule has 0 atom stereocenters. The van der Waals surface area contributed by atoms with E-state index in [1.54, 1.807) is 0 Å². The molecule has 1 aromatic rings. The molecule has 1 fully saturated rings. The molecule has 0 N–H and O–H groups in total. The number of rotatable bonds is 5. The van der Waals surface area contributed by atoms with Crippen LogP contribution in [0.3, 0.4) is 0 Å². The predicted octanol–water partition coefficient (Wildman–Crippen LogP) is 2.74. The summed E-state index contributed by atoms with van der Waals surface area (Å²) in [6.45, 7) is 4.38. The summed E-state index contributed by atoms with van der Waals surface area (Å²) in [6, 6.07) is 7.85. The molecule has 15 heavy (non-hydrogen) atoms. The predicted molar refractivity (Wildman–Crippen MR) is 62.4 cm³/mol. The van der Waals surface area contributed by atoms with E-state index in [4.69, 9.17) is 0 Å². The number of aldehydes is 1. The number of carbonyl (C=O) groups excluding carboxylic acids is 1. The molecule has 1 aliphatic rings.